The molecule has 72 valence electrons. The van der Waals surface area contributed by atoms with E-state index in [-0.39, 0.29) is 11.4 Å². The third-order valence-electron chi connectivity index (χ3n) is 1.27. The molecule has 0 atom stereocenters. The number of nitrogens with zero attached hydrogens (tertiary/aromatic N) is 2. The van der Waals surface area contributed by atoms with Crippen molar-refractivity contribution in [2.24, 2.45) is 5.16 Å². The van der Waals surface area contributed by atoms with Gasteiger partial charge in [-0.3, -0.25) is 0 Å². The summed E-state index contributed by atoms with van der Waals surface area (Å²) in [6.07, 6.45) is -4.43. The largest absolute Gasteiger partial charge is 0.443 e. The highest BCUT2D eigenvalue weighted by Gasteiger charge is 2.34. The highest BCUT2D eigenvalue weighted by atomic mass is 32.1. The molecule has 0 aliphatic rings. The van der Waals surface area contributed by atoms with Crippen molar-refractivity contribution in [1.82, 2.24) is 4.98 Å². The van der Waals surface area contributed by atoms with E-state index in [9.17, 15) is 13.2 Å². The number of oxime groups is 1. The Hall–Kier alpha value is -1.11. The van der Waals surface area contributed by atoms with Gasteiger partial charge in [0.1, 0.15) is 5.71 Å². The first-order valence-electron chi connectivity index (χ1n) is 3.17. The molecule has 3 nitrogen and oxygen atoms in total. The molecule has 1 rings (SSSR count). The number of hydrogen-bond donors (Lipinski definition) is 1. The fourth-order valence-electron chi connectivity index (χ4n) is 0.621. The molecule has 0 saturated carbocycles. The van der Waals surface area contributed by atoms with Gasteiger partial charge in [0.25, 0.3) is 0 Å². The average Bonchev–Trinajstić information content (AvgIpc) is 2.50. The fraction of sp³-hybridized carbons (Fsp3) is 0.333. The van der Waals surface area contributed by atoms with E-state index < -0.39 is 11.2 Å². The Bertz CT molecular complexity index is 331. The summed E-state index contributed by atoms with van der Waals surface area (Å²) in [4.78, 5) is 3.26. The Morgan fingerprint density at radius 3 is 2.62 bits per heavy atom. The lowest BCUT2D eigenvalue weighted by Crippen LogP contribution is -2.05. The highest BCUT2D eigenvalue weighted by Crippen LogP contribution is 2.31. The summed E-state index contributed by atoms with van der Waals surface area (Å²) in [6.45, 7) is 1.37. The summed E-state index contributed by atoms with van der Waals surface area (Å²) < 4.78 is 36.0. The van der Waals surface area contributed by atoms with E-state index in [4.69, 9.17) is 5.21 Å². The van der Waals surface area contributed by atoms with Crippen LogP contribution in [0.2, 0.25) is 0 Å². The number of aromatic nitrogens is 1. The zero-order valence-corrected chi connectivity index (χ0v) is 7.28. The van der Waals surface area contributed by atoms with Crippen LogP contribution < -0.4 is 0 Å². The van der Waals surface area contributed by atoms with Crippen molar-refractivity contribution < 1.29 is 18.4 Å². The molecular formula is C6H5F3N2OS. The lowest BCUT2D eigenvalue weighted by Gasteiger charge is -1.98. The molecule has 0 fully saturated rings. The minimum absolute atomic E-state index is 0.0415. The van der Waals surface area contributed by atoms with Gasteiger partial charge in [-0.25, -0.2) is 4.98 Å². The van der Waals surface area contributed by atoms with E-state index in [2.05, 4.69) is 10.1 Å². The van der Waals surface area contributed by atoms with Crippen LogP contribution in [0.4, 0.5) is 13.2 Å². The number of halogens is 3. The van der Waals surface area contributed by atoms with Crippen molar-refractivity contribution in [2.75, 3.05) is 0 Å². The van der Waals surface area contributed by atoms with E-state index in [1.807, 2.05) is 0 Å². The molecule has 0 bridgehead atoms. The minimum atomic E-state index is -4.43. The smallest absolute Gasteiger partial charge is 0.411 e. The van der Waals surface area contributed by atoms with Gasteiger partial charge in [-0.2, -0.15) is 13.2 Å². The zero-order valence-electron chi connectivity index (χ0n) is 6.46. The molecule has 1 aromatic heterocycles. The second kappa shape index (κ2) is 3.33. The van der Waals surface area contributed by atoms with Crippen molar-refractivity contribution in [3.05, 3.63) is 16.1 Å². The van der Waals surface area contributed by atoms with E-state index in [0.717, 1.165) is 0 Å². The molecule has 1 aromatic rings. The molecule has 0 saturated heterocycles. The third-order valence-corrected chi connectivity index (χ3v) is 2.15. The van der Waals surface area contributed by atoms with E-state index in [0.29, 0.717) is 11.3 Å². The maximum atomic E-state index is 12.0. The maximum Gasteiger partial charge on any atom is 0.443 e. The predicted octanol–water partition coefficient (Wildman–Crippen LogP) is 2.36. The quantitative estimate of drug-likeness (QED) is 0.439. The summed E-state index contributed by atoms with van der Waals surface area (Å²) in [7, 11) is 0. The summed E-state index contributed by atoms with van der Waals surface area (Å²) in [5.41, 5.74) is 0.103. The van der Waals surface area contributed by atoms with Gasteiger partial charge in [0.05, 0.1) is 5.69 Å². The second-order valence-corrected chi connectivity index (χ2v) is 3.08. The first-order valence-corrected chi connectivity index (χ1v) is 4.05. The van der Waals surface area contributed by atoms with Crippen LogP contribution in [0.25, 0.3) is 0 Å². The van der Waals surface area contributed by atoms with Gasteiger partial charge in [0.2, 0.25) is 0 Å². The number of hydrogen-bond acceptors (Lipinski definition) is 4. The Labute approximate surface area is 75.5 Å². The van der Waals surface area contributed by atoms with Gasteiger partial charge < -0.3 is 5.21 Å². The zero-order chi connectivity index (χ0) is 10.1. The summed E-state index contributed by atoms with van der Waals surface area (Å²) >= 11 is 0.472. The molecule has 0 radical (unpaired) electrons. The van der Waals surface area contributed by atoms with Gasteiger partial charge in [-0.05, 0) is 6.92 Å². The van der Waals surface area contributed by atoms with Gasteiger partial charge in [-0.1, -0.05) is 5.16 Å². The van der Waals surface area contributed by atoms with Crippen LogP contribution in [0, 0.1) is 0 Å². The Morgan fingerprint density at radius 1 is 1.62 bits per heavy atom. The summed E-state index contributed by atoms with van der Waals surface area (Å²) in [5.74, 6) is 0. The lowest BCUT2D eigenvalue weighted by molar-refractivity contribution is -0.137. The topological polar surface area (TPSA) is 45.5 Å². The van der Waals surface area contributed by atoms with Crippen molar-refractivity contribution in [3.63, 3.8) is 0 Å². The standard InChI is InChI=1S/C6H5F3N2OS/c1-3(11-12)4-2-13-5(10-4)6(7,8)9/h2,12H,1H3. The number of thiazole rings is 1. The second-order valence-electron chi connectivity index (χ2n) is 2.22. The van der Waals surface area contributed by atoms with Crippen molar-refractivity contribution in [1.29, 1.82) is 0 Å². The van der Waals surface area contributed by atoms with Gasteiger partial charge in [0.15, 0.2) is 5.01 Å². The van der Waals surface area contributed by atoms with Gasteiger partial charge >= 0.3 is 6.18 Å². The third kappa shape index (κ3) is 2.18. The first-order chi connectivity index (χ1) is 5.95. The maximum absolute atomic E-state index is 12.0. The minimum Gasteiger partial charge on any atom is -0.411 e. The Balaban J connectivity index is 3.00. The predicted molar refractivity (Wildman–Crippen MR) is 41.1 cm³/mol. The van der Waals surface area contributed by atoms with Crippen LogP contribution in [-0.2, 0) is 6.18 Å². The molecular weight excluding hydrogens is 205 g/mol. The van der Waals surface area contributed by atoms with Crippen LogP contribution in [0.5, 0.6) is 0 Å². The Morgan fingerprint density at radius 2 is 2.23 bits per heavy atom. The highest BCUT2D eigenvalue weighted by molar-refractivity contribution is 7.10. The van der Waals surface area contributed by atoms with Crippen LogP contribution in [-0.4, -0.2) is 15.9 Å². The monoisotopic (exact) mass is 210 g/mol. The molecule has 0 aromatic carbocycles. The molecule has 1 heterocycles. The number of rotatable bonds is 1. The van der Waals surface area contributed by atoms with Crippen molar-refractivity contribution in [3.8, 4) is 0 Å². The first kappa shape index (κ1) is 9.97. The van der Waals surface area contributed by atoms with E-state index in [1.54, 1.807) is 0 Å². The molecule has 0 aliphatic heterocycles. The normalized spacial score (nSPS) is 13.4. The number of alkyl halides is 3. The molecule has 0 spiro atoms. The average molecular weight is 210 g/mol. The summed E-state index contributed by atoms with van der Waals surface area (Å²) in [5, 5.41) is 11.3. The van der Waals surface area contributed by atoms with E-state index >= 15 is 0 Å². The summed E-state index contributed by atoms with van der Waals surface area (Å²) in [6, 6.07) is 0. The Kier molecular flexibility index (Phi) is 2.55. The van der Waals surface area contributed by atoms with Gasteiger partial charge in [-0.15, -0.1) is 11.3 Å². The SMILES string of the molecule is CC(=NO)c1csc(C(F)(F)F)n1. The van der Waals surface area contributed by atoms with Crippen molar-refractivity contribution >= 4 is 17.0 Å². The molecule has 13 heavy (non-hydrogen) atoms. The lowest BCUT2D eigenvalue weighted by atomic mass is 10.3. The van der Waals surface area contributed by atoms with Crippen LogP contribution in [0.3, 0.4) is 0 Å². The molecule has 7 heteroatoms. The van der Waals surface area contributed by atoms with Gasteiger partial charge in [0, 0.05) is 5.38 Å². The van der Waals surface area contributed by atoms with Crippen LogP contribution in [0.15, 0.2) is 10.5 Å². The molecule has 0 amide bonds. The van der Waals surface area contributed by atoms with Crippen LogP contribution in [0.1, 0.15) is 17.6 Å². The fourth-order valence-corrected chi connectivity index (χ4v) is 1.35. The van der Waals surface area contributed by atoms with Crippen molar-refractivity contribution in [2.45, 2.75) is 13.1 Å². The van der Waals surface area contributed by atoms with E-state index in [1.165, 1.54) is 12.3 Å². The molecule has 1 N–H and O–H groups in total. The molecule has 0 aliphatic carbocycles. The molecule has 0 unspecified atom stereocenters. The van der Waals surface area contributed by atoms with Crippen LogP contribution >= 0.6 is 11.3 Å².